The van der Waals surface area contributed by atoms with Gasteiger partial charge in [-0.1, -0.05) is 5.16 Å². The second kappa shape index (κ2) is 7.22. The van der Waals surface area contributed by atoms with E-state index < -0.39 is 21.9 Å². The number of rotatable bonds is 6. The Labute approximate surface area is 149 Å². The van der Waals surface area contributed by atoms with E-state index in [1.165, 1.54) is 12.1 Å². The minimum atomic E-state index is -3.85. The SMILES string of the molecule is COc1ccc(-c2noc(C(C)NS(=O)(=O)c3ccc(F)cc3)n2)cc1. The standard InChI is InChI=1S/C17H16FN3O4S/c1-11(21-26(22,23)15-9-5-13(18)6-10-15)17-19-16(20-25-17)12-3-7-14(24-2)8-4-12/h3-11,21H,1-2H3. The number of hydrogen-bond donors (Lipinski definition) is 1. The predicted molar refractivity (Wildman–Crippen MR) is 91.4 cm³/mol. The van der Waals surface area contributed by atoms with Crippen LogP contribution in [-0.4, -0.2) is 25.7 Å². The number of methoxy groups -OCH3 is 1. The van der Waals surface area contributed by atoms with Gasteiger partial charge in [-0.25, -0.2) is 12.8 Å². The van der Waals surface area contributed by atoms with Gasteiger partial charge in [0.1, 0.15) is 11.6 Å². The lowest BCUT2D eigenvalue weighted by atomic mass is 10.2. The van der Waals surface area contributed by atoms with Crippen molar-refractivity contribution in [3.63, 3.8) is 0 Å². The molecular formula is C17H16FN3O4S. The number of ether oxygens (including phenoxy) is 1. The molecule has 0 spiro atoms. The lowest BCUT2D eigenvalue weighted by Gasteiger charge is -2.10. The highest BCUT2D eigenvalue weighted by Crippen LogP contribution is 2.22. The molecular weight excluding hydrogens is 361 g/mol. The van der Waals surface area contributed by atoms with E-state index in [2.05, 4.69) is 14.9 Å². The Morgan fingerprint density at radius 3 is 2.38 bits per heavy atom. The van der Waals surface area contributed by atoms with Crippen molar-refractivity contribution in [2.45, 2.75) is 17.9 Å². The summed E-state index contributed by atoms with van der Waals surface area (Å²) in [5, 5.41) is 3.87. The van der Waals surface area contributed by atoms with Gasteiger partial charge in [0.25, 0.3) is 0 Å². The zero-order valence-electron chi connectivity index (χ0n) is 14.0. The summed E-state index contributed by atoms with van der Waals surface area (Å²) in [7, 11) is -2.28. The van der Waals surface area contributed by atoms with Crippen molar-refractivity contribution in [1.29, 1.82) is 0 Å². The van der Waals surface area contributed by atoms with E-state index in [9.17, 15) is 12.8 Å². The van der Waals surface area contributed by atoms with Crippen LogP contribution in [0.5, 0.6) is 5.75 Å². The summed E-state index contributed by atoms with van der Waals surface area (Å²) in [6.45, 7) is 1.58. The van der Waals surface area contributed by atoms with Crippen molar-refractivity contribution in [2.24, 2.45) is 0 Å². The maximum atomic E-state index is 13.0. The molecule has 0 fully saturated rings. The second-order valence-corrected chi connectivity index (χ2v) is 7.20. The summed E-state index contributed by atoms with van der Waals surface area (Å²) >= 11 is 0. The molecule has 0 bridgehead atoms. The fourth-order valence-corrected chi connectivity index (χ4v) is 3.43. The summed E-state index contributed by atoms with van der Waals surface area (Å²) in [6.07, 6.45) is 0. The normalized spacial score (nSPS) is 12.7. The molecule has 7 nitrogen and oxygen atoms in total. The fourth-order valence-electron chi connectivity index (χ4n) is 2.23. The topological polar surface area (TPSA) is 94.3 Å². The van der Waals surface area contributed by atoms with Crippen molar-refractivity contribution in [2.75, 3.05) is 7.11 Å². The number of benzene rings is 2. The van der Waals surface area contributed by atoms with E-state index in [-0.39, 0.29) is 10.8 Å². The largest absolute Gasteiger partial charge is 0.497 e. The van der Waals surface area contributed by atoms with Crippen LogP contribution in [0.2, 0.25) is 0 Å². The third-order valence-corrected chi connectivity index (χ3v) is 5.17. The number of nitrogens with one attached hydrogen (secondary N) is 1. The molecule has 0 saturated carbocycles. The average Bonchev–Trinajstić information content (AvgIpc) is 3.12. The minimum Gasteiger partial charge on any atom is -0.497 e. The molecule has 1 unspecified atom stereocenters. The van der Waals surface area contributed by atoms with Crippen LogP contribution in [0.15, 0.2) is 57.9 Å². The fraction of sp³-hybridized carbons (Fsp3) is 0.176. The van der Waals surface area contributed by atoms with Crippen LogP contribution in [0.1, 0.15) is 18.9 Å². The van der Waals surface area contributed by atoms with Crippen molar-refractivity contribution >= 4 is 10.0 Å². The molecule has 136 valence electrons. The third kappa shape index (κ3) is 3.89. The molecule has 1 atom stereocenters. The number of hydrogen-bond acceptors (Lipinski definition) is 6. The number of aromatic nitrogens is 2. The van der Waals surface area contributed by atoms with Gasteiger partial charge in [-0.15, -0.1) is 0 Å². The van der Waals surface area contributed by atoms with Gasteiger partial charge in [0.2, 0.25) is 21.7 Å². The van der Waals surface area contributed by atoms with Crippen LogP contribution in [0, 0.1) is 5.82 Å². The molecule has 0 aliphatic carbocycles. The van der Waals surface area contributed by atoms with E-state index in [0.717, 1.165) is 12.1 Å². The molecule has 3 aromatic rings. The lowest BCUT2D eigenvalue weighted by molar-refractivity contribution is 0.354. The molecule has 0 aliphatic rings. The number of nitrogens with zero attached hydrogens (tertiary/aromatic N) is 2. The maximum absolute atomic E-state index is 13.0. The zero-order chi connectivity index (χ0) is 18.7. The van der Waals surface area contributed by atoms with Crippen LogP contribution >= 0.6 is 0 Å². The van der Waals surface area contributed by atoms with Crippen LogP contribution in [0.3, 0.4) is 0 Å². The first kappa shape index (κ1) is 18.0. The lowest BCUT2D eigenvalue weighted by Crippen LogP contribution is -2.27. The van der Waals surface area contributed by atoms with Crippen molar-refractivity contribution in [1.82, 2.24) is 14.9 Å². The molecule has 9 heteroatoms. The molecule has 0 saturated heterocycles. The van der Waals surface area contributed by atoms with Crippen LogP contribution < -0.4 is 9.46 Å². The van der Waals surface area contributed by atoms with E-state index in [1.807, 2.05) is 0 Å². The maximum Gasteiger partial charge on any atom is 0.244 e. The van der Waals surface area contributed by atoms with Crippen molar-refractivity contribution < 1.29 is 22.1 Å². The predicted octanol–water partition coefficient (Wildman–Crippen LogP) is 2.92. The van der Waals surface area contributed by atoms with E-state index in [0.29, 0.717) is 17.1 Å². The van der Waals surface area contributed by atoms with Gasteiger partial charge in [0.15, 0.2) is 0 Å². The van der Waals surface area contributed by atoms with Gasteiger partial charge >= 0.3 is 0 Å². The first-order valence-electron chi connectivity index (χ1n) is 7.65. The zero-order valence-corrected chi connectivity index (χ0v) is 14.8. The Hall–Kier alpha value is -2.78. The Morgan fingerprint density at radius 2 is 1.77 bits per heavy atom. The first-order chi connectivity index (χ1) is 12.4. The van der Waals surface area contributed by atoms with E-state index >= 15 is 0 Å². The van der Waals surface area contributed by atoms with E-state index in [4.69, 9.17) is 9.26 Å². The Bertz CT molecular complexity index is 986. The Balaban J connectivity index is 1.77. The second-order valence-electron chi connectivity index (χ2n) is 5.48. The first-order valence-corrected chi connectivity index (χ1v) is 9.13. The molecule has 26 heavy (non-hydrogen) atoms. The highest BCUT2D eigenvalue weighted by Gasteiger charge is 2.22. The minimum absolute atomic E-state index is 0.0550. The molecule has 1 N–H and O–H groups in total. The van der Waals surface area contributed by atoms with Crippen molar-refractivity contribution in [3.8, 4) is 17.1 Å². The summed E-state index contributed by atoms with van der Waals surface area (Å²) in [5.74, 6) is 0.618. The molecule has 0 radical (unpaired) electrons. The van der Waals surface area contributed by atoms with Gasteiger partial charge in [-0.05, 0) is 55.5 Å². The Morgan fingerprint density at radius 1 is 1.12 bits per heavy atom. The highest BCUT2D eigenvalue weighted by atomic mass is 32.2. The van der Waals surface area contributed by atoms with Gasteiger partial charge in [-0.2, -0.15) is 9.71 Å². The van der Waals surface area contributed by atoms with Gasteiger partial charge in [0, 0.05) is 5.56 Å². The smallest absolute Gasteiger partial charge is 0.244 e. The molecule has 3 rings (SSSR count). The third-order valence-electron chi connectivity index (χ3n) is 3.62. The molecule has 2 aromatic carbocycles. The quantitative estimate of drug-likeness (QED) is 0.710. The van der Waals surface area contributed by atoms with Crippen LogP contribution in [-0.2, 0) is 10.0 Å². The number of halogens is 1. The molecule has 0 aliphatic heterocycles. The number of sulfonamides is 1. The van der Waals surface area contributed by atoms with E-state index in [1.54, 1.807) is 38.3 Å². The highest BCUT2D eigenvalue weighted by molar-refractivity contribution is 7.89. The van der Waals surface area contributed by atoms with Crippen molar-refractivity contribution in [3.05, 3.63) is 60.2 Å². The molecule has 0 amide bonds. The average molecular weight is 377 g/mol. The summed E-state index contributed by atoms with van der Waals surface area (Å²) in [5.41, 5.74) is 0.703. The van der Waals surface area contributed by atoms with Crippen LogP contribution in [0.4, 0.5) is 4.39 Å². The van der Waals surface area contributed by atoms with Gasteiger partial charge < -0.3 is 9.26 Å². The Kier molecular flexibility index (Phi) is 5.01. The van der Waals surface area contributed by atoms with Gasteiger partial charge in [0.05, 0.1) is 18.0 Å². The van der Waals surface area contributed by atoms with Gasteiger partial charge in [-0.3, -0.25) is 0 Å². The monoisotopic (exact) mass is 377 g/mol. The molecule has 1 heterocycles. The summed E-state index contributed by atoms with van der Waals surface area (Å²) in [6, 6.07) is 10.8. The summed E-state index contributed by atoms with van der Waals surface area (Å²) in [4.78, 5) is 4.17. The molecule has 1 aromatic heterocycles. The summed E-state index contributed by atoms with van der Waals surface area (Å²) < 4.78 is 50.3. The van der Waals surface area contributed by atoms with Crippen LogP contribution in [0.25, 0.3) is 11.4 Å².